The van der Waals surface area contributed by atoms with Gasteiger partial charge in [-0.1, -0.05) is 0 Å². The van der Waals surface area contributed by atoms with E-state index in [9.17, 15) is 13.2 Å². The number of rotatable bonds is 3. The Hall–Kier alpha value is -3.06. The molecule has 2 aromatic carbocycles. The number of sulfonamides is 1. The zero-order valence-corrected chi connectivity index (χ0v) is 14.1. The van der Waals surface area contributed by atoms with Gasteiger partial charge in [-0.05, 0) is 48.5 Å². The van der Waals surface area contributed by atoms with Crippen LogP contribution in [-0.4, -0.2) is 13.0 Å². The summed E-state index contributed by atoms with van der Waals surface area (Å²) in [6, 6.07) is 14.5. The molecule has 0 spiro atoms. The molecule has 0 radical (unpaired) electrons. The molecule has 0 aliphatic rings. The number of nitrogens with zero attached hydrogens (tertiary/aromatic N) is 1. The molecule has 4 rings (SSSR count). The second kappa shape index (κ2) is 5.49. The van der Waals surface area contributed by atoms with Gasteiger partial charge in [0.1, 0.15) is 5.58 Å². The zero-order valence-electron chi connectivity index (χ0n) is 13.3. The summed E-state index contributed by atoms with van der Waals surface area (Å²) in [6.45, 7) is 0. The van der Waals surface area contributed by atoms with Crippen molar-refractivity contribution in [3.05, 3.63) is 71.2 Å². The first-order chi connectivity index (χ1) is 11.9. The highest BCUT2D eigenvalue weighted by molar-refractivity contribution is 7.92. The van der Waals surface area contributed by atoms with Gasteiger partial charge in [0, 0.05) is 41.3 Å². The first-order valence-electron chi connectivity index (χ1n) is 7.54. The fraction of sp³-hybridized carbons (Fsp3) is 0.0556. The molecule has 0 atom stereocenters. The summed E-state index contributed by atoms with van der Waals surface area (Å²) in [5, 5.41) is 1.49. The number of benzene rings is 2. The molecule has 7 heteroatoms. The lowest BCUT2D eigenvalue weighted by molar-refractivity contribution is 0.561. The third-order valence-corrected chi connectivity index (χ3v) is 5.42. The van der Waals surface area contributed by atoms with Crippen molar-refractivity contribution in [1.29, 1.82) is 0 Å². The highest BCUT2D eigenvalue weighted by atomic mass is 32.2. The topological polar surface area (TPSA) is 81.3 Å². The summed E-state index contributed by atoms with van der Waals surface area (Å²) in [5.74, 6) is 0. The minimum Gasteiger partial charge on any atom is -0.423 e. The zero-order chi connectivity index (χ0) is 17.6. The third-order valence-electron chi connectivity index (χ3n) is 4.04. The van der Waals surface area contributed by atoms with Crippen molar-refractivity contribution in [2.45, 2.75) is 4.90 Å². The molecule has 0 aliphatic heterocycles. The van der Waals surface area contributed by atoms with Gasteiger partial charge in [0.05, 0.1) is 4.90 Å². The van der Waals surface area contributed by atoms with E-state index >= 15 is 0 Å². The first-order valence-corrected chi connectivity index (χ1v) is 9.02. The molecule has 6 nitrogen and oxygen atoms in total. The Balaban J connectivity index is 1.72. The van der Waals surface area contributed by atoms with Gasteiger partial charge in [-0.2, -0.15) is 0 Å². The number of hydrogen-bond donors (Lipinski definition) is 1. The van der Waals surface area contributed by atoms with E-state index in [4.69, 9.17) is 4.42 Å². The van der Waals surface area contributed by atoms with Gasteiger partial charge in [-0.25, -0.2) is 13.2 Å². The predicted octanol–water partition coefficient (Wildman–Crippen LogP) is 3.09. The summed E-state index contributed by atoms with van der Waals surface area (Å²) in [5.41, 5.74) is 1.31. The largest absolute Gasteiger partial charge is 0.423 e. The highest BCUT2D eigenvalue weighted by Crippen LogP contribution is 2.23. The molecule has 0 fully saturated rings. The Labute approximate surface area is 143 Å². The average molecular weight is 354 g/mol. The maximum atomic E-state index is 12.7. The summed E-state index contributed by atoms with van der Waals surface area (Å²) in [6.07, 6.45) is 1.88. The molecular weight excluding hydrogens is 340 g/mol. The van der Waals surface area contributed by atoms with Gasteiger partial charge in [0.25, 0.3) is 10.0 Å². The fourth-order valence-corrected chi connectivity index (χ4v) is 3.86. The van der Waals surface area contributed by atoms with Gasteiger partial charge >= 0.3 is 5.63 Å². The Bertz CT molecular complexity index is 1270. The van der Waals surface area contributed by atoms with E-state index < -0.39 is 15.6 Å². The number of aryl methyl sites for hydroxylation is 1. The van der Waals surface area contributed by atoms with Crippen LogP contribution in [0.3, 0.4) is 0 Å². The van der Waals surface area contributed by atoms with Crippen LogP contribution in [0.5, 0.6) is 0 Å². The minimum absolute atomic E-state index is 0.186. The van der Waals surface area contributed by atoms with Crippen LogP contribution in [-0.2, 0) is 17.1 Å². The van der Waals surface area contributed by atoms with Crippen LogP contribution < -0.4 is 10.3 Å². The van der Waals surface area contributed by atoms with Crippen molar-refractivity contribution in [1.82, 2.24) is 4.57 Å². The van der Waals surface area contributed by atoms with E-state index in [-0.39, 0.29) is 4.90 Å². The number of aromatic nitrogens is 1. The molecule has 0 saturated heterocycles. The van der Waals surface area contributed by atoms with Crippen molar-refractivity contribution >= 4 is 37.6 Å². The van der Waals surface area contributed by atoms with Crippen LogP contribution in [0.15, 0.2) is 74.9 Å². The van der Waals surface area contributed by atoms with E-state index in [1.165, 1.54) is 6.07 Å². The summed E-state index contributed by atoms with van der Waals surface area (Å²) < 4.78 is 34.8. The van der Waals surface area contributed by atoms with Crippen LogP contribution >= 0.6 is 0 Å². The van der Waals surface area contributed by atoms with E-state index in [0.29, 0.717) is 16.7 Å². The molecule has 126 valence electrons. The van der Waals surface area contributed by atoms with Crippen LogP contribution in [0.1, 0.15) is 0 Å². The quantitative estimate of drug-likeness (QED) is 0.573. The van der Waals surface area contributed by atoms with Gasteiger partial charge in [0.15, 0.2) is 0 Å². The lowest BCUT2D eigenvalue weighted by Gasteiger charge is -2.09. The Morgan fingerprint density at radius 2 is 1.80 bits per heavy atom. The average Bonchev–Trinajstić information content (AvgIpc) is 2.95. The van der Waals surface area contributed by atoms with Crippen molar-refractivity contribution in [3.8, 4) is 0 Å². The van der Waals surface area contributed by atoms with Crippen LogP contribution in [0.2, 0.25) is 0 Å². The molecule has 4 aromatic rings. The van der Waals surface area contributed by atoms with Crippen LogP contribution in [0, 0.1) is 0 Å². The second-order valence-corrected chi connectivity index (χ2v) is 7.44. The molecule has 1 N–H and O–H groups in total. The fourth-order valence-electron chi connectivity index (χ4n) is 2.78. The first kappa shape index (κ1) is 15.5. The number of anilines is 1. The van der Waals surface area contributed by atoms with Crippen LogP contribution in [0.25, 0.3) is 21.9 Å². The lowest BCUT2D eigenvalue weighted by atomic mass is 10.2. The van der Waals surface area contributed by atoms with E-state index in [1.807, 2.05) is 23.9 Å². The molecule has 2 aromatic heterocycles. The molecule has 25 heavy (non-hydrogen) atoms. The van der Waals surface area contributed by atoms with Crippen molar-refractivity contribution < 1.29 is 12.8 Å². The van der Waals surface area contributed by atoms with Gasteiger partial charge in [-0.15, -0.1) is 0 Å². The predicted molar refractivity (Wildman–Crippen MR) is 96.2 cm³/mol. The van der Waals surface area contributed by atoms with E-state index in [1.54, 1.807) is 42.5 Å². The molecule has 0 unspecified atom stereocenters. The van der Waals surface area contributed by atoms with Crippen molar-refractivity contribution in [3.63, 3.8) is 0 Å². The number of nitrogens with one attached hydrogen (secondary N) is 1. The number of fused-ring (bicyclic) bond motifs is 2. The smallest absolute Gasteiger partial charge is 0.336 e. The van der Waals surface area contributed by atoms with Crippen molar-refractivity contribution in [2.75, 3.05) is 4.72 Å². The van der Waals surface area contributed by atoms with Crippen LogP contribution in [0.4, 0.5) is 5.69 Å². The third kappa shape index (κ3) is 2.78. The van der Waals surface area contributed by atoms with Gasteiger partial charge in [-0.3, -0.25) is 4.72 Å². The molecule has 0 bridgehead atoms. The van der Waals surface area contributed by atoms with Gasteiger partial charge < -0.3 is 8.98 Å². The molecule has 0 amide bonds. The van der Waals surface area contributed by atoms with E-state index in [0.717, 1.165) is 10.9 Å². The standard InChI is InChI=1S/C18H14N2O4S/c1-20-9-8-12-11-15(4-5-16(12)20)25(22,23)19-14-3-6-17-13(10-14)2-7-18(21)24-17/h2-11,19H,1H3. The van der Waals surface area contributed by atoms with E-state index in [2.05, 4.69) is 4.72 Å². The number of hydrogen-bond acceptors (Lipinski definition) is 4. The highest BCUT2D eigenvalue weighted by Gasteiger charge is 2.15. The lowest BCUT2D eigenvalue weighted by Crippen LogP contribution is -2.12. The Morgan fingerprint density at radius 3 is 2.64 bits per heavy atom. The SMILES string of the molecule is Cn1ccc2cc(S(=O)(=O)Nc3ccc4oc(=O)ccc4c3)ccc21. The Morgan fingerprint density at radius 1 is 0.960 bits per heavy atom. The minimum atomic E-state index is -3.72. The molecule has 0 saturated carbocycles. The normalized spacial score (nSPS) is 11.9. The second-order valence-electron chi connectivity index (χ2n) is 5.76. The summed E-state index contributed by atoms with van der Waals surface area (Å²) >= 11 is 0. The van der Waals surface area contributed by atoms with Gasteiger partial charge in [0.2, 0.25) is 0 Å². The maximum Gasteiger partial charge on any atom is 0.336 e. The molecule has 0 aliphatic carbocycles. The summed E-state index contributed by atoms with van der Waals surface area (Å²) in [4.78, 5) is 11.4. The molecular formula is C18H14N2O4S. The maximum absolute atomic E-state index is 12.7. The monoisotopic (exact) mass is 354 g/mol. The van der Waals surface area contributed by atoms with Crippen molar-refractivity contribution in [2.24, 2.45) is 7.05 Å². The molecule has 2 heterocycles. The Kier molecular flexibility index (Phi) is 3.40. The summed E-state index contributed by atoms with van der Waals surface area (Å²) in [7, 11) is -1.82.